The standard InChI is InChI=1S/C46H34N4.Pt/c1-49-39-27-28-40(49)44(32-17-9-4-10-18-32)36-24-26-38(48-36)46(34-21-13-6-14-22-34)42-30-29-41(50(42)2)45(33-19-11-5-12-20-33)37-25-23-35(47-37)43(39)31-15-7-3-8-16-31;/h3-30H,1-2H3;. The first-order valence-electron chi connectivity index (χ1n) is 17.0. The minimum absolute atomic E-state index is 0. The summed E-state index contributed by atoms with van der Waals surface area (Å²) in [5.41, 5.74) is 16.9. The van der Waals surface area contributed by atoms with Crippen LogP contribution in [0.25, 0.3) is 90.9 Å². The van der Waals surface area contributed by atoms with Crippen LogP contribution in [0.1, 0.15) is 22.8 Å². The molecule has 2 aliphatic heterocycles. The number of rotatable bonds is 4. The van der Waals surface area contributed by atoms with E-state index in [-0.39, 0.29) is 21.1 Å². The van der Waals surface area contributed by atoms with Crippen LogP contribution in [0, 0.1) is 0 Å². The molecule has 0 radical (unpaired) electrons. The summed E-state index contributed by atoms with van der Waals surface area (Å²) in [7, 11) is 4.31. The van der Waals surface area contributed by atoms with Gasteiger partial charge >= 0.3 is 0 Å². The number of hydrogen-bond donors (Lipinski definition) is 0. The third-order valence-electron chi connectivity index (χ3n) is 9.82. The maximum atomic E-state index is 5.44. The van der Waals surface area contributed by atoms with Crippen molar-refractivity contribution >= 4 is 46.4 Å². The van der Waals surface area contributed by atoms with Gasteiger partial charge in [0.15, 0.2) is 0 Å². The molecular weight excluding hydrogens is 804 g/mol. The van der Waals surface area contributed by atoms with E-state index in [4.69, 9.17) is 9.97 Å². The maximum absolute atomic E-state index is 5.44. The molecule has 0 atom stereocenters. The maximum Gasteiger partial charge on any atom is 0.0737 e. The largest absolute Gasteiger partial charge is 0.343 e. The van der Waals surface area contributed by atoms with E-state index in [2.05, 4.69) is 193 Å². The van der Waals surface area contributed by atoms with Crippen LogP contribution in [0.15, 0.2) is 146 Å². The van der Waals surface area contributed by atoms with Gasteiger partial charge < -0.3 is 9.13 Å². The summed E-state index contributed by atoms with van der Waals surface area (Å²) >= 11 is 0. The fourth-order valence-corrected chi connectivity index (χ4v) is 7.44. The topological polar surface area (TPSA) is 35.6 Å². The smallest absolute Gasteiger partial charge is 0.0737 e. The summed E-state index contributed by atoms with van der Waals surface area (Å²) in [4.78, 5) is 10.9. The van der Waals surface area contributed by atoms with Gasteiger partial charge in [-0.25, -0.2) is 9.97 Å². The molecule has 5 heterocycles. The predicted molar refractivity (Wildman–Crippen MR) is 210 cm³/mol. The summed E-state index contributed by atoms with van der Waals surface area (Å²) in [6.07, 6.45) is 8.68. The molecule has 2 aliphatic rings. The Balaban J connectivity index is 0.00000374. The van der Waals surface area contributed by atoms with Crippen molar-refractivity contribution in [2.75, 3.05) is 0 Å². The zero-order valence-electron chi connectivity index (χ0n) is 28.3. The number of aryl methyl sites for hydroxylation is 2. The number of nitrogens with zero attached hydrogens (tertiary/aromatic N) is 4. The quantitative estimate of drug-likeness (QED) is 0.177. The van der Waals surface area contributed by atoms with E-state index in [0.717, 1.165) is 89.4 Å². The molecule has 4 aromatic carbocycles. The van der Waals surface area contributed by atoms with Gasteiger partial charge in [0.2, 0.25) is 0 Å². The van der Waals surface area contributed by atoms with Crippen LogP contribution in [0.3, 0.4) is 0 Å². The molecule has 7 aromatic rings. The van der Waals surface area contributed by atoms with Gasteiger partial charge in [0.1, 0.15) is 0 Å². The Kier molecular flexibility index (Phi) is 8.55. The zero-order valence-corrected chi connectivity index (χ0v) is 30.5. The van der Waals surface area contributed by atoms with Crippen LogP contribution in [-0.4, -0.2) is 19.1 Å². The van der Waals surface area contributed by atoms with E-state index < -0.39 is 0 Å². The normalized spacial score (nSPS) is 11.8. The third kappa shape index (κ3) is 5.62. The number of aromatic nitrogens is 4. The molecule has 248 valence electrons. The molecule has 9 rings (SSSR count). The Morgan fingerprint density at radius 1 is 0.314 bits per heavy atom. The summed E-state index contributed by atoms with van der Waals surface area (Å²) in [5.74, 6) is 0. The van der Waals surface area contributed by atoms with Crippen molar-refractivity contribution in [3.63, 3.8) is 0 Å². The fourth-order valence-electron chi connectivity index (χ4n) is 7.44. The molecule has 0 N–H and O–H groups in total. The van der Waals surface area contributed by atoms with Crippen LogP contribution in [0.2, 0.25) is 0 Å². The first-order chi connectivity index (χ1) is 24.7. The van der Waals surface area contributed by atoms with Gasteiger partial charge in [-0.2, -0.15) is 0 Å². The van der Waals surface area contributed by atoms with Gasteiger partial charge in [0, 0.05) is 57.4 Å². The molecule has 51 heavy (non-hydrogen) atoms. The fraction of sp³-hybridized carbons (Fsp3) is 0.0435. The van der Waals surface area contributed by atoms with Crippen molar-refractivity contribution in [1.29, 1.82) is 0 Å². The number of hydrogen-bond acceptors (Lipinski definition) is 2. The molecule has 0 saturated carbocycles. The molecule has 0 amide bonds. The van der Waals surface area contributed by atoms with Gasteiger partial charge in [-0.05, 0) is 70.8 Å². The van der Waals surface area contributed by atoms with Gasteiger partial charge in [0.25, 0.3) is 0 Å². The van der Waals surface area contributed by atoms with Gasteiger partial charge in [-0.1, -0.05) is 121 Å². The van der Waals surface area contributed by atoms with E-state index in [9.17, 15) is 0 Å². The van der Waals surface area contributed by atoms with Crippen molar-refractivity contribution < 1.29 is 21.1 Å². The summed E-state index contributed by atoms with van der Waals surface area (Å²) < 4.78 is 4.59. The summed E-state index contributed by atoms with van der Waals surface area (Å²) in [6, 6.07) is 51.3. The Hall–Kier alpha value is -5.83. The molecule has 0 saturated heterocycles. The van der Waals surface area contributed by atoms with Crippen LogP contribution in [0.4, 0.5) is 0 Å². The van der Waals surface area contributed by atoms with Crippen LogP contribution in [-0.2, 0) is 35.2 Å². The van der Waals surface area contributed by atoms with Gasteiger partial charge in [-0.3, -0.25) is 0 Å². The molecule has 0 fully saturated rings. The predicted octanol–water partition coefficient (Wildman–Crippen LogP) is 11.3. The van der Waals surface area contributed by atoms with Crippen molar-refractivity contribution in [3.8, 4) is 44.5 Å². The van der Waals surface area contributed by atoms with E-state index in [1.165, 1.54) is 0 Å². The Morgan fingerprint density at radius 3 is 0.745 bits per heavy atom. The molecule has 5 heteroatoms. The molecule has 3 aromatic heterocycles. The number of benzene rings is 4. The SMILES string of the molecule is Cn1c2ccc1c(-c1ccccc1)c1nc(c(-c3ccccc3)c3ccc(c(-c4ccccc4)c4nc(c2-c2ccccc2)C=C4)n3C)C=C1.[Pt]. The van der Waals surface area contributed by atoms with E-state index in [1.54, 1.807) is 0 Å². The molecule has 0 aliphatic carbocycles. The molecular formula is C46H34N4Pt. The average Bonchev–Trinajstić information content (AvgIpc) is 3.98. The summed E-state index contributed by atoms with van der Waals surface area (Å²) in [5, 5.41) is 0. The zero-order chi connectivity index (χ0) is 33.6. The Labute approximate surface area is 312 Å². The molecule has 4 nitrogen and oxygen atoms in total. The first kappa shape index (κ1) is 32.4. The monoisotopic (exact) mass is 837 g/mol. The van der Waals surface area contributed by atoms with E-state index >= 15 is 0 Å². The first-order valence-corrected chi connectivity index (χ1v) is 17.0. The van der Waals surface area contributed by atoms with Crippen molar-refractivity contribution in [2.24, 2.45) is 14.1 Å². The number of fused-ring (bicyclic) bond motifs is 8. The van der Waals surface area contributed by atoms with Crippen molar-refractivity contribution in [3.05, 3.63) is 168 Å². The van der Waals surface area contributed by atoms with E-state index in [0.29, 0.717) is 0 Å². The minimum atomic E-state index is 0. The van der Waals surface area contributed by atoms with Crippen molar-refractivity contribution in [1.82, 2.24) is 19.1 Å². The second-order valence-corrected chi connectivity index (χ2v) is 12.7. The van der Waals surface area contributed by atoms with Crippen LogP contribution >= 0.6 is 0 Å². The van der Waals surface area contributed by atoms with Crippen molar-refractivity contribution in [2.45, 2.75) is 0 Å². The average molecular weight is 838 g/mol. The second-order valence-electron chi connectivity index (χ2n) is 12.7. The van der Waals surface area contributed by atoms with Gasteiger partial charge in [-0.15, -0.1) is 0 Å². The Bertz CT molecular complexity index is 2270. The second kappa shape index (κ2) is 13.5. The molecule has 0 spiro atoms. The molecule has 8 bridgehead atoms. The van der Waals surface area contributed by atoms with Gasteiger partial charge in [0.05, 0.1) is 44.8 Å². The minimum Gasteiger partial charge on any atom is -0.343 e. The molecule has 0 unspecified atom stereocenters. The van der Waals surface area contributed by atoms with Crippen LogP contribution in [0.5, 0.6) is 0 Å². The summed E-state index contributed by atoms with van der Waals surface area (Å²) in [6.45, 7) is 0. The van der Waals surface area contributed by atoms with Crippen LogP contribution < -0.4 is 0 Å². The Morgan fingerprint density at radius 2 is 0.529 bits per heavy atom. The van der Waals surface area contributed by atoms with E-state index in [1.807, 2.05) is 0 Å². The third-order valence-corrected chi connectivity index (χ3v) is 9.82.